The molecule has 0 amide bonds. The van der Waals surface area contributed by atoms with Crippen molar-refractivity contribution >= 4 is 0 Å². The molecule has 1 atom stereocenters. The fourth-order valence-corrected chi connectivity index (χ4v) is 2.81. The number of aromatic hydroxyl groups is 1. The van der Waals surface area contributed by atoms with Crippen molar-refractivity contribution in [2.75, 3.05) is 20.2 Å². The van der Waals surface area contributed by atoms with Gasteiger partial charge in [-0.05, 0) is 26.8 Å². The Morgan fingerprint density at radius 2 is 2.21 bits per heavy atom. The van der Waals surface area contributed by atoms with Gasteiger partial charge >= 0.3 is 0 Å². The van der Waals surface area contributed by atoms with E-state index in [1.165, 1.54) is 0 Å². The van der Waals surface area contributed by atoms with Crippen LogP contribution in [0.2, 0.25) is 0 Å². The fourth-order valence-electron chi connectivity index (χ4n) is 2.81. The third-order valence-corrected chi connectivity index (χ3v) is 3.34. The zero-order chi connectivity index (χ0) is 14.0. The van der Waals surface area contributed by atoms with Crippen molar-refractivity contribution in [3.63, 3.8) is 0 Å². The zero-order valence-corrected chi connectivity index (χ0v) is 12.1. The van der Waals surface area contributed by atoms with Crippen LogP contribution in [0.5, 0.6) is 11.5 Å². The summed E-state index contributed by atoms with van der Waals surface area (Å²) >= 11 is 0. The third-order valence-electron chi connectivity index (χ3n) is 3.34. The lowest BCUT2D eigenvalue weighted by Gasteiger charge is -2.41. The van der Waals surface area contributed by atoms with E-state index in [1.807, 2.05) is 12.1 Å². The van der Waals surface area contributed by atoms with Crippen LogP contribution in [0.15, 0.2) is 18.2 Å². The Kier molecular flexibility index (Phi) is 4.02. The number of hydrogen-bond donors (Lipinski definition) is 1. The second-order valence-corrected chi connectivity index (χ2v) is 5.83. The first kappa shape index (κ1) is 14.2. The number of phenols is 1. The van der Waals surface area contributed by atoms with Crippen molar-refractivity contribution in [2.45, 2.75) is 39.0 Å². The molecule has 1 fully saturated rings. The number of phenolic OH excluding ortho intramolecular Hbond substituents is 1. The minimum absolute atomic E-state index is 0.147. The summed E-state index contributed by atoms with van der Waals surface area (Å²) in [5.74, 6) is 0.764. The summed E-state index contributed by atoms with van der Waals surface area (Å²) in [5.41, 5.74) is 0.746. The summed E-state index contributed by atoms with van der Waals surface area (Å²) in [6.45, 7) is 8.72. The van der Waals surface area contributed by atoms with Gasteiger partial charge in [0.1, 0.15) is 0 Å². The van der Waals surface area contributed by atoms with Crippen LogP contribution >= 0.6 is 0 Å². The van der Waals surface area contributed by atoms with Gasteiger partial charge in [0.25, 0.3) is 0 Å². The standard InChI is InChI=1S/C15H23NO3/c1-11-8-16(10-15(2,3)19-11)9-12-6-5-7-13(18-4)14(12)17/h5-7,11,17H,8-10H2,1-4H3. The maximum atomic E-state index is 10.1. The largest absolute Gasteiger partial charge is 0.504 e. The van der Waals surface area contributed by atoms with Crippen molar-refractivity contribution in [1.29, 1.82) is 0 Å². The first-order valence-electron chi connectivity index (χ1n) is 6.66. The summed E-state index contributed by atoms with van der Waals surface area (Å²) in [7, 11) is 1.57. The van der Waals surface area contributed by atoms with Gasteiger partial charge in [0.15, 0.2) is 11.5 Å². The van der Waals surface area contributed by atoms with Gasteiger partial charge in [0, 0.05) is 25.2 Å². The lowest BCUT2D eigenvalue weighted by atomic mass is 10.0. The smallest absolute Gasteiger partial charge is 0.162 e. The molecule has 1 unspecified atom stereocenters. The lowest BCUT2D eigenvalue weighted by Crippen LogP contribution is -2.51. The molecule has 106 valence electrons. The number of nitrogens with zero attached hydrogens (tertiary/aromatic N) is 1. The third kappa shape index (κ3) is 3.39. The van der Waals surface area contributed by atoms with E-state index in [9.17, 15) is 5.11 Å². The normalized spacial score (nSPS) is 23.3. The molecular formula is C15H23NO3. The average molecular weight is 265 g/mol. The second kappa shape index (κ2) is 5.39. The molecule has 1 saturated heterocycles. The molecule has 0 spiro atoms. The number of hydrogen-bond acceptors (Lipinski definition) is 4. The van der Waals surface area contributed by atoms with Crippen LogP contribution in [0.1, 0.15) is 26.3 Å². The van der Waals surface area contributed by atoms with Gasteiger partial charge in [0.2, 0.25) is 0 Å². The molecule has 0 aliphatic carbocycles. The van der Waals surface area contributed by atoms with E-state index in [-0.39, 0.29) is 17.5 Å². The van der Waals surface area contributed by atoms with E-state index < -0.39 is 0 Å². The van der Waals surface area contributed by atoms with E-state index in [0.717, 1.165) is 18.7 Å². The van der Waals surface area contributed by atoms with Crippen molar-refractivity contribution in [2.24, 2.45) is 0 Å². The van der Waals surface area contributed by atoms with Crippen LogP contribution in [-0.4, -0.2) is 41.9 Å². The molecule has 0 radical (unpaired) electrons. The number of morpholine rings is 1. The second-order valence-electron chi connectivity index (χ2n) is 5.83. The highest BCUT2D eigenvalue weighted by Gasteiger charge is 2.31. The van der Waals surface area contributed by atoms with E-state index in [1.54, 1.807) is 13.2 Å². The summed E-state index contributed by atoms with van der Waals surface area (Å²) < 4.78 is 11.0. The first-order valence-corrected chi connectivity index (χ1v) is 6.66. The highest BCUT2D eigenvalue weighted by atomic mass is 16.5. The Morgan fingerprint density at radius 1 is 1.47 bits per heavy atom. The fraction of sp³-hybridized carbons (Fsp3) is 0.600. The number of benzene rings is 1. The van der Waals surface area contributed by atoms with E-state index in [0.29, 0.717) is 12.3 Å². The van der Waals surface area contributed by atoms with E-state index in [2.05, 4.69) is 25.7 Å². The molecule has 1 heterocycles. The maximum Gasteiger partial charge on any atom is 0.162 e. The molecule has 4 heteroatoms. The van der Waals surface area contributed by atoms with Gasteiger partial charge in [-0.25, -0.2) is 0 Å². The first-order chi connectivity index (χ1) is 8.91. The van der Waals surface area contributed by atoms with Crippen molar-refractivity contribution in [3.8, 4) is 11.5 Å². The highest BCUT2D eigenvalue weighted by Crippen LogP contribution is 2.31. The number of para-hydroxylation sites is 1. The summed E-state index contributed by atoms with van der Waals surface area (Å²) in [6, 6.07) is 5.61. The van der Waals surface area contributed by atoms with Gasteiger partial charge in [0.05, 0.1) is 18.8 Å². The molecule has 4 nitrogen and oxygen atoms in total. The molecule has 0 saturated carbocycles. The van der Waals surface area contributed by atoms with Gasteiger partial charge in [-0.1, -0.05) is 12.1 Å². The highest BCUT2D eigenvalue weighted by molar-refractivity contribution is 5.45. The van der Waals surface area contributed by atoms with Crippen LogP contribution in [0.25, 0.3) is 0 Å². The van der Waals surface area contributed by atoms with Gasteiger partial charge in [-0.3, -0.25) is 4.90 Å². The summed E-state index contributed by atoms with van der Waals surface area (Å²) in [6.07, 6.45) is 0.205. The molecule has 0 bridgehead atoms. The minimum atomic E-state index is -0.147. The summed E-state index contributed by atoms with van der Waals surface area (Å²) in [4.78, 5) is 2.31. The van der Waals surface area contributed by atoms with Crippen molar-refractivity contribution in [3.05, 3.63) is 23.8 Å². The molecular weight excluding hydrogens is 242 g/mol. The Bertz CT molecular complexity index is 445. The molecule has 0 aromatic heterocycles. The molecule has 1 N–H and O–H groups in total. The molecule has 19 heavy (non-hydrogen) atoms. The lowest BCUT2D eigenvalue weighted by molar-refractivity contribution is -0.130. The maximum absolute atomic E-state index is 10.1. The molecule has 1 aromatic rings. The Hall–Kier alpha value is -1.26. The van der Waals surface area contributed by atoms with Crippen LogP contribution in [0, 0.1) is 0 Å². The average Bonchev–Trinajstić information content (AvgIpc) is 2.29. The summed E-state index contributed by atoms with van der Waals surface area (Å²) in [5, 5.41) is 10.1. The number of ether oxygens (including phenoxy) is 2. The Labute approximate surface area is 114 Å². The molecule has 1 aliphatic heterocycles. The van der Waals surface area contributed by atoms with E-state index in [4.69, 9.17) is 9.47 Å². The van der Waals surface area contributed by atoms with Crippen molar-refractivity contribution in [1.82, 2.24) is 4.90 Å². The number of methoxy groups -OCH3 is 1. The SMILES string of the molecule is COc1cccc(CN2CC(C)OC(C)(C)C2)c1O. The van der Waals surface area contributed by atoms with Gasteiger partial charge in [-0.2, -0.15) is 0 Å². The van der Waals surface area contributed by atoms with Crippen LogP contribution in [0.3, 0.4) is 0 Å². The van der Waals surface area contributed by atoms with Gasteiger partial charge < -0.3 is 14.6 Å². The number of rotatable bonds is 3. The Balaban J connectivity index is 2.13. The monoisotopic (exact) mass is 265 g/mol. The molecule has 2 rings (SSSR count). The van der Waals surface area contributed by atoms with Gasteiger partial charge in [-0.15, -0.1) is 0 Å². The van der Waals surface area contributed by atoms with Crippen LogP contribution in [0.4, 0.5) is 0 Å². The van der Waals surface area contributed by atoms with E-state index >= 15 is 0 Å². The minimum Gasteiger partial charge on any atom is -0.504 e. The predicted octanol–water partition coefficient (Wildman–Crippen LogP) is 2.40. The topological polar surface area (TPSA) is 41.9 Å². The predicted molar refractivity (Wildman–Crippen MR) is 74.6 cm³/mol. The molecule has 1 aliphatic rings. The molecule has 1 aromatic carbocycles. The van der Waals surface area contributed by atoms with Crippen molar-refractivity contribution < 1.29 is 14.6 Å². The zero-order valence-electron chi connectivity index (χ0n) is 12.1. The van der Waals surface area contributed by atoms with Crippen LogP contribution in [-0.2, 0) is 11.3 Å². The van der Waals surface area contributed by atoms with Crippen LogP contribution < -0.4 is 4.74 Å². The Morgan fingerprint density at radius 3 is 2.84 bits per heavy atom. The quantitative estimate of drug-likeness (QED) is 0.911.